The number of nitrogens with one attached hydrogen (secondary N) is 2. The fourth-order valence-corrected chi connectivity index (χ4v) is 5.38. The fourth-order valence-electron chi connectivity index (χ4n) is 3.95. The molecule has 10 heteroatoms. The van der Waals surface area contributed by atoms with E-state index in [2.05, 4.69) is 15.2 Å². The number of carbonyl (C=O) groups is 1. The van der Waals surface area contributed by atoms with Gasteiger partial charge in [-0.2, -0.15) is 4.31 Å². The van der Waals surface area contributed by atoms with Gasteiger partial charge in [0.25, 0.3) is 5.91 Å². The van der Waals surface area contributed by atoms with Gasteiger partial charge in [0.05, 0.1) is 23.7 Å². The van der Waals surface area contributed by atoms with Crippen molar-refractivity contribution in [3.8, 4) is 0 Å². The topological polar surface area (TPSA) is 112 Å². The average molecular weight is 485 g/mol. The van der Waals surface area contributed by atoms with Crippen LogP contribution in [0.5, 0.6) is 0 Å². The summed E-state index contributed by atoms with van der Waals surface area (Å²) in [7, 11) is -1.78. The molecule has 2 N–H and O–H groups in total. The molecule has 1 aromatic heterocycles. The summed E-state index contributed by atoms with van der Waals surface area (Å²) < 4.78 is 32.8. The molecule has 2 heterocycles. The Kier molecular flexibility index (Phi) is 7.42. The molecule has 4 rings (SSSR count). The highest BCUT2D eigenvalue weighted by Gasteiger charge is 2.27. The molecule has 34 heavy (non-hydrogen) atoms. The Morgan fingerprint density at radius 2 is 1.85 bits per heavy atom. The van der Waals surface area contributed by atoms with E-state index < -0.39 is 21.5 Å². The molecule has 0 unspecified atom stereocenters. The molecule has 2 aromatic carbocycles. The average Bonchev–Trinajstić information content (AvgIpc) is 2.84. The SMILES string of the molecule is CN(CCNC(=O)c1cc(=O)[nH]c2ccc(S(=O)(=O)N3CCOCC3)cc12)Cc1ccccc1. The van der Waals surface area contributed by atoms with Gasteiger partial charge in [-0.1, -0.05) is 30.3 Å². The summed E-state index contributed by atoms with van der Waals surface area (Å²) in [4.78, 5) is 29.9. The normalized spacial score (nSPS) is 15.0. The molecule has 0 atom stereocenters. The number of hydrogen-bond acceptors (Lipinski definition) is 6. The van der Waals surface area contributed by atoms with Crippen LogP contribution in [0.2, 0.25) is 0 Å². The second kappa shape index (κ2) is 10.5. The summed E-state index contributed by atoms with van der Waals surface area (Å²) in [5.41, 5.74) is 1.29. The van der Waals surface area contributed by atoms with Crippen LogP contribution in [0.3, 0.4) is 0 Å². The number of carbonyl (C=O) groups excluding carboxylic acids is 1. The Morgan fingerprint density at radius 3 is 2.59 bits per heavy atom. The molecule has 9 nitrogen and oxygen atoms in total. The predicted octanol–water partition coefficient (Wildman–Crippen LogP) is 1.41. The van der Waals surface area contributed by atoms with Crippen molar-refractivity contribution in [1.82, 2.24) is 19.5 Å². The zero-order valence-corrected chi connectivity index (χ0v) is 19.8. The summed E-state index contributed by atoms with van der Waals surface area (Å²) >= 11 is 0. The number of likely N-dealkylation sites (N-methyl/N-ethyl adjacent to an activating group) is 1. The molecule has 1 aliphatic rings. The summed E-state index contributed by atoms with van der Waals surface area (Å²) in [5, 5.41) is 3.23. The minimum absolute atomic E-state index is 0.0746. The van der Waals surface area contributed by atoms with Crippen molar-refractivity contribution >= 4 is 26.8 Å². The van der Waals surface area contributed by atoms with Gasteiger partial charge < -0.3 is 19.9 Å². The number of amides is 1. The predicted molar refractivity (Wildman–Crippen MR) is 129 cm³/mol. The number of morpholine rings is 1. The van der Waals surface area contributed by atoms with Crippen molar-refractivity contribution in [1.29, 1.82) is 0 Å². The molecule has 1 amide bonds. The van der Waals surface area contributed by atoms with E-state index in [4.69, 9.17) is 4.74 Å². The van der Waals surface area contributed by atoms with E-state index in [1.165, 1.54) is 34.1 Å². The Balaban J connectivity index is 1.51. The van der Waals surface area contributed by atoms with Crippen LogP contribution < -0.4 is 10.9 Å². The Bertz CT molecular complexity index is 1320. The number of sulfonamides is 1. The number of H-pyrrole nitrogens is 1. The number of benzene rings is 2. The third-order valence-corrected chi connectivity index (χ3v) is 7.64. The highest BCUT2D eigenvalue weighted by atomic mass is 32.2. The zero-order chi connectivity index (χ0) is 24.1. The lowest BCUT2D eigenvalue weighted by molar-refractivity contribution is 0.0730. The van der Waals surface area contributed by atoms with Gasteiger partial charge in [-0.15, -0.1) is 0 Å². The van der Waals surface area contributed by atoms with E-state index in [-0.39, 0.29) is 23.5 Å². The standard InChI is InChI=1S/C24H28N4O5S/c1-27(17-18-5-3-2-4-6-18)10-9-25-24(30)21-16-23(29)26-22-8-7-19(15-20(21)22)34(31,32)28-11-13-33-14-12-28/h2-8,15-16H,9-14,17H2,1H3,(H,25,30)(H,26,29). The highest BCUT2D eigenvalue weighted by Crippen LogP contribution is 2.23. The van der Waals surface area contributed by atoms with Gasteiger partial charge in [-0.25, -0.2) is 8.42 Å². The van der Waals surface area contributed by atoms with E-state index in [1.807, 2.05) is 37.4 Å². The monoisotopic (exact) mass is 484 g/mol. The minimum Gasteiger partial charge on any atom is -0.379 e. The second-order valence-electron chi connectivity index (χ2n) is 8.25. The van der Waals surface area contributed by atoms with Gasteiger partial charge in [0, 0.05) is 49.7 Å². The third-order valence-electron chi connectivity index (χ3n) is 5.74. The molecular weight excluding hydrogens is 456 g/mol. The summed E-state index contributed by atoms with van der Waals surface area (Å²) in [6.45, 7) is 2.96. The number of ether oxygens (including phenoxy) is 1. The number of nitrogens with zero attached hydrogens (tertiary/aromatic N) is 2. The number of pyridine rings is 1. The Labute approximate surface area is 198 Å². The van der Waals surface area contributed by atoms with E-state index in [9.17, 15) is 18.0 Å². The number of aromatic nitrogens is 1. The molecule has 0 radical (unpaired) electrons. The first kappa shape index (κ1) is 24.1. The molecule has 1 fully saturated rings. The summed E-state index contributed by atoms with van der Waals surface area (Å²) in [5.74, 6) is -0.426. The Morgan fingerprint density at radius 1 is 1.12 bits per heavy atom. The van der Waals surface area contributed by atoms with Crippen molar-refractivity contribution in [2.75, 3.05) is 46.4 Å². The van der Waals surface area contributed by atoms with Crippen molar-refractivity contribution in [3.05, 3.63) is 76.1 Å². The first-order chi connectivity index (χ1) is 16.3. The van der Waals surface area contributed by atoms with Gasteiger partial charge >= 0.3 is 0 Å². The van der Waals surface area contributed by atoms with Crippen LogP contribution in [0.25, 0.3) is 10.9 Å². The van der Waals surface area contributed by atoms with E-state index >= 15 is 0 Å². The zero-order valence-electron chi connectivity index (χ0n) is 19.0. The molecule has 1 aliphatic heterocycles. The van der Waals surface area contributed by atoms with Gasteiger partial charge in [-0.05, 0) is 30.8 Å². The van der Waals surface area contributed by atoms with Gasteiger partial charge in [0.1, 0.15) is 0 Å². The maximum Gasteiger partial charge on any atom is 0.252 e. The van der Waals surface area contributed by atoms with E-state index in [0.29, 0.717) is 37.2 Å². The smallest absolute Gasteiger partial charge is 0.252 e. The quantitative estimate of drug-likeness (QED) is 0.500. The van der Waals surface area contributed by atoms with Crippen LogP contribution in [0.1, 0.15) is 15.9 Å². The largest absolute Gasteiger partial charge is 0.379 e. The summed E-state index contributed by atoms with van der Waals surface area (Å²) in [6.07, 6.45) is 0. The van der Waals surface area contributed by atoms with E-state index in [0.717, 1.165) is 6.54 Å². The molecule has 1 saturated heterocycles. The fraction of sp³-hybridized carbons (Fsp3) is 0.333. The van der Waals surface area contributed by atoms with Crippen LogP contribution in [-0.2, 0) is 21.3 Å². The number of fused-ring (bicyclic) bond motifs is 1. The first-order valence-corrected chi connectivity index (χ1v) is 12.5. The van der Waals surface area contributed by atoms with Gasteiger partial charge in [0.15, 0.2) is 0 Å². The lowest BCUT2D eigenvalue weighted by Gasteiger charge is -2.26. The molecule has 0 aliphatic carbocycles. The van der Waals surface area contributed by atoms with Crippen molar-refractivity contribution in [2.24, 2.45) is 0 Å². The van der Waals surface area contributed by atoms with Crippen LogP contribution in [-0.4, -0.2) is 75.0 Å². The molecule has 0 saturated carbocycles. The number of rotatable bonds is 8. The Hall–Kier alpha value is -3.05. The van der Waals surface area contributed by atoms with Crippen LogP contribution >= 0.6 is 0 Å². The molecular formula is C24H28N4O5S. The number of aromatic amines is 1. The third kappa shape index (κ3) is 5.53. The second-order valence-corrected chi connectivity index (χ2v) is 10.2. The van der Waals surface area contributed by atoms with Crippen LogP contribution in [0, 0.1) is 0 Å². The maximum absolute atomic E-state index is 13.1. The van der Waals surface area contributed by atoms with Crippen molar-refractivity contribution < 1.29 is 17.9 Å². The molecule has 180 valence electrons. The van der Waals surface area contributed by atoms with Crippen molar-refractivity contribution in [2.45, 2.75) is 11.4 Å². The van der Waals surface area contributed by atoms with Crippen molar-refractivity contribution in [3.63, 3.8) is 0 Å². The lowest BCUT2D eigenvalue weighted by atomic mass is 10.1. The molecule has 0 spiro atoms. The van der Waals surface area contributed by atoms with Gasteiger partial charge in [0.2, 0.25) is 15.6 Å². The van der Waals surface area contributed by atoms with Gasteiger partial charge in [-0.3, -0.25) is 9.59 Å². The summed E-state index contributed by atoms with van der Waals surface area (Å²) in [6, 6.07) is 15.6. The molecule has 0 bridgehead atoms. The lowest BCUT2D eigenvalue weighted by Crippen LogP contribution is -2.40. The first-order valence-electron chi connectivity index (χ1n) is 11.1. The number of hydrogen-bond donors (Lipinski definition) is 2. The minimum atomic E-state index is -3.74. The van der Waals surface area contributed by atoms with Crippen LogP contribution in [0.15, 0.2) is 64.3 Å². The maximum atomic E-state index is 13.1. The molecule has 3 aromatic rings. The van der Waals surface area contributed by atoms with E-state index in [1.54, 1.807) is 0 Å². The van der Waals surface area contributed by atoms with Crippen LogP contribution in [0.4, 0.5) is 0 Å². The highest BCUT2D eigenvalue weighted by molar-refractivity contribution is 7.89.